The maximum atomic E-state index is 12.0. The van der Waals surface area contributed by atoms with Crippen molar-refractivity contribution >= 4 is 22.0 Å². The van der Waals surface area contributed by atoms with E-state index in [0.717, 1.165) is 24.0 Å². The summed E-state index contributed by atoms with van der Waals surface area (Å²) in [5.41, 5.74) is 2.26. The number of hydrogen-bond acceptors (Lipinski definition) is 4. The molecule has 132 valence electrons. The van der Waals surface area contributed by atoms with Crippen LogP contribution in [0.25, 0.3) is 0 Å². The smallest absolute Gasteiger partial charge is 0.407 e. The lowest BCUT2D eigenvalue weighted by atomic mass is 10.0. The van der Waals surface area contributed by atoms with Gasteiger partial charge in [0.15, 0.2) is 0 Å². The molecule has 2 atom stereocenters. The molecule has 1 fully saturated rings. The normalized spacial score (nSPS) is 24.5. The van der Waals surface area contributed by atoms with Gasteiger partial charge in [-0.1, -0.05) is 22.0 Å². The fourth-order valence-corrected chi connectivity index (χ4v) is 3.70. The molecule has 5 nitrogen and oxygen atoms in total. The molecule has 0 saturated carbocycles. The number of halogens is 1. The summed E-state index contributed by atoms with van der Waals surface area (Å²) in [7, 11) is 0. The third-order valence-corrected chi connectivity index (χ3v) is 4.83. The molecule has 24 heavy (non-hydrogen) atoms. The van der Waals surface area contributed by atoms with Gasteiger partial charge in [0.05, 0.1) is 19.3 Å². The maximum absolute atomic E-state index is 12.0. The van der Waals surface area contributed by atoms with Crippen molar-refractivity contribution in [2.75, 3.05) is 13.2 Å². The van der Waals surface area contributed by atoms with E-state index in [1.165, 1.54) is 11.1 Å². The monoisotopic (exact) mass is 396 g/mol. The van der Waals surface area contributed by atoms with Gasteiger partial charge >= 0.3 is 6.09 Å². The van der Waals surface area contributed by atoms with Gasteiger partial charge in [-0.05, 0) is 50.5 Å². The fraction of sp³-hybridized carbons (Fsp3) is 0.611. The van der Waals surface area contributed by atoms with Gasteiger partial charge < -0.3 is 14.8 Å². The predicted octanol–water partition coefficient (Wildman–Crippen LogP) is 3.45. The molecule has 1 saturated heterocycles. The van der Waals surface area contributed by atoms with Crippen LogP contribution in [0.5, 0.6) is 0 Å². The summed E-state index contributed by atoms with van der Waals surface area (Å²) in [6.45, 7) is 8.73. The van der Waals surface area contributed by atoms with Gasteiger partial charge in [0, 0.05) is 23.6 Å². The van der Waals surface area contributed by atoms with Crippen molar-refractivity contribution in [3.63, 3.8) is 0 Å². The summed E-state index contributed by atoms with van der Waals surface area (Å²) in [6.07, 6.45) is 0.513. The number of hydrogen-bond donors (Lipinski definition) is 1. The second-order valence-electron chi connectivity index (χ2n) is 7.59. The lowest BCUT2D eigenvalue weighted by Crippen LogP contribution is -2.50. The van der Waals surface area contributed by atoms with Crippen molar-refractivity contribution < 1.29 is 14.3 Å². The Labute approximate surface area is 151 Å². The standard InChI is InChI=1S/C18H25BrN2O3/c1-18(2,3)24-17(22)20-15-7-16(11-23-10-15)21-8-12-4-5-14(19)6-13(12)9-21/h4-6,15-16H,7-11H2,1-3H3,(H,20,22)/t15-,16?/m0/s1. The van der Waals surface area contributed by atoms with Crippen LogP contribution in [0.2, 0.25) is 0 Å². The van der Waals surface area contributed by atoms with Gasteiger partial charge in [-0.25, -0.2) is 4.79 Å². The average Bonchev–Trinajstić information content (AvgIpc) is 2.88. The molecule has 0 bridgehead atoms. The van der Waals surface area contributed by atoms with Crippen molar-refractivity contribution in [1.29, 1.82) is 0 Å². The Kier molecular flexibility index (Phi) is 5.18. The minimum atomic E-state index is -0.483. The molecule has 2 aliphatic rings. The van der Waals surface area contributed by atoms with Crippen LogP contribution in [0, 0.1) is 0 Å². The summed E-state index contributed by atoms with van der Waals surface area (Å²) in [4.78, 5) is 14.4. The average molecular weight is 397 g/mol. The van der Waals surface area contributed by atoms with Crippen LogP contribution < -0.4 is 5.32 Å². The van der Waals surface area contributed by atoms with Crippen molar-refractivity contribution in [2.24, 2.45) is 0 Å². The molecule has 6 heteroatoms. The van der Waals surface area contributed by atoms with E-state index in [-0.39, 0.29) is 12.1 Å². The minimum absolute atomic E-state index is 0.00551. The van der Waals surface area contributed by atoms with Crippen LogP contribution in [0.1, 0.15) is 38.3 Å². The first kappa shape index (κ1) is 17.7. The molecule has 1 aromatic rings. The number of nitrogens with one attached hydrogen (secondary N) is 1. The Bertz CT molecular complexity index is 615. The van der Waals surface area contributed by atoms with Crippen LogP contribution in [0.3, 0.4) is 0 Å². The second kappa shape index (κ2) is 7.02. The van der Waals surface area contributed by atoms with E-state index in [1.54, 1.807) is 0 Å². The molecule has 2 aliphatic heterocycles. The van der Waals surface area contributed by atoms with Crippen molar-refractivity contribution in [2.45, 2.75) is 58.0 Å². The zero-order valence-electron chi connectivity index (χ0n) is 14.5. The summed E-state index contributed by atoms with van der Waals surface area (Å²) in [6, 6.07) is 6.76. The zero-order chi connectivity index (χ0) is 17.3. The zero-order valence-corrected chi connectivity index (χ0v) is 16.1. The number of ether oxygens (including phenoxy) is 2. The fourth-order valence-electron chi connectivity index (χ4n) is 3.29. The first-order valence-electron chi connectivity index (χ1n) is 8.39. The summed E-state index contributed by atoms with van der Waals surface area (Å²) >= 11 is 3.54. The lowest BCUT2D eigenvalue weighted by Gasteiger charge is -2.35. The highest BCUT2D eigenvalue weighted by Crippen LogP contribution is 2.29. The predicted molar refractivity (Wildman–Crippen MR) is 95.8 cm³/mol. The van der Waals surface area contributed by atoms with E-state index < -0.39 is 5.60 Å². The van der Waals surface area contributed by atoms with Crippen molar-refractivity contribution in [3.05, 3.63) is 33.8 Å². The summed E-state index contributed by atoms with van der Waals surface area (Å²) in [5.74, 6) is 0. The number of nitrogens with zero attached hydrogens (tertiary/aromatic N) is 1. The van der Waals surface area contributed by atoms with Gasteiger partial charge in [0.2, 0.25) is 0 Å². The molecule has 0 radical (unpaired) electrons. The highest BCUT2D eigenvalue weighted by Gasteiger charge is 2.32. The third kappa shape index (κ3) is 4.49. The Morgan fingerprint density at radius 3 is 2.79 bits per heavy atom. The summed E-state index contributed by atoms with van der Waals surface area (Å²) in [5, 5.41) is 2.94. The molecule has 1 N–H and O–H groups in total. The summed E-state index contributed by atoms with van der Waals surface area (Å²) < 4.78 is 12.2. The molecule has 0 spiro atoms. The maximum Gasteiger partial charge on any atom is 0.407 e. The molecule has 0 aromatic heterocycles. The largest absolute Gasteiger partial charge is 0.444 e. The van der Waals surface area contributed by atoms with Crippen molar-refractivity contribution in [1.82, 2.24) is 10.2 Å². The Hall–Kier alpha value is -1.11. The number of benzene rings is 1. The van der Waals surface area contributed by atoms with E-state index >= 15 is 0 Å². The number of carbonyl (C=O) groups excluding carboxylic acids is 1. The molecule has 1 amide bonds. The highest BCUT2D eigenvalue weighted by molar-refractivity contribution is 9.10. The first-order valence-corrected chi connectivity index (χ1v) is 9.18. The number of alkyl carbamates (subject to hydrolysis) is 1. The Balaban J connectivity index is 1.56. The van der Waals surface area contributed by atoms with Gasteiger partial charge in [-0.2, -0.15) is 0 Å². The van der Waals surface area contributed by atoms with Crippen LogP contribution >= 0.6 is 15.9 Å². The number of rotatable bonds is 2. The van der Waals surface area contributed by atoms with Crippen LogP contribution in [-0.4, -0.2) is 41.9 Å². The molecule has 1 unspecified atom stereocenters. The molecular formula is C18H25BrN2O3. The van der Waals surface area contributed by atoms with Gasteiger partial charge in [-0.15, -0.1) is 0 Å². The molecular weight excluding hydrogens is 372 g/mol. The Morgan fingerprint density at radius 1 is 1.29 bits per heavy atom. The van der Waals surface area contributed by atoms with Crippen LogP contribution in [0.15, 0.2) is 22.7 Å². The van der Waals surface area contributed by atoms with Gasteiger partial charge in [0.25, 0.3) is 0 Å². The van der Waals surface area contributed by atoms with Crippen LogP contribution in [0.4, 0.5) is 4.79 Å². The number of amides is 1. The van der Waals surface area contributed by atoms with E-state index in [9.17, 15) is 4.79 Å². The van der Waals surface area contributed by atoms with Gasteiger partial charge in [-0.3, -0.25) is 4.90 Å². The Morgan fingerprint density at radius 2 is 2.04 bits per heavy atom. The van der Waals surface area contributed by atoms with Gasteiger partial charge in [0.1, 0.15) is 5.60 Å². The number of carbonyl (C=O) groups is 1. The van der Waals surface area contributed by atoms with E-state index in [4.69, 9.17) is 9.47 Å². The first-order chi connectivity index (χ1) is 11.3. The van der Waals surface area contributed by atoms with E-state index in [0.29, 0.717) is 19.3 Å². The quantitative estimate of drug-likeness (QED) is 0.831. The minimum Gasteiger partial charge on any atom is -0.444 e. The molecule has 2 heterocycles. The SMILES string of the molecule is CC(C)(C)OC(=O)N[C@@H]1COCC(N2Cc3ccc(Br)cc3C2)C1. The van der Waals surface area contributed by atoms with E-state index in [2.05, 4.69) is 44.3 Å². The molecule has 1 aromatic carbocycles. The molecule has 0 aliphatic carbocycles. The lowest BCUT2D eigenvalue weighted by molar-refractivity contribution is -0.00782. The highest BCUT2D eigenvalue weighted by atomic mass is 79.9. The molecule has 3 rings (SSSR count). The van der Waals surface area contributed by atoms with Crippen LogP contribution in [-0.2, 0) is 22.6 Å². The second-order valence-corrected chi connectivity index (χ2v) is 8.50. The van der Waals surface area contributed by atoms with Crippen molar-refractivity contribution in [3.8, 4) is 0 Å². The number of fused-ring (bicyclic) bond motifs is 1. The third-order valence-electron chi connectivity index (χ3n) is 4.34. The topological polar surface area (TPSA) is 50.8 Å². The van der Waals surface area contributed by atoms with E-state index in [1.807, 2.05) is 20.8 Å².